The Hall–Kier alpha value is -1.99. The van der Waals surface area contributed by atoms with Crippen LogP contribution in [-0.4, -0.2) is 28.7 Å². The molecule has 1 amide bonds. The van der Waals surface area contributed by atoms with E-state index in [9.17, 15) is 4.79 Å². The molecule has 0 saturated carbocycles. The zero-order valence-electron chi connectivity index (χ0n) is 13.1. The molecule has 2 aromatic rings. The first-order chi connectivity index (χ1) is 10.5. The molecule has 0 atom stereocenters. The summed E-state index contributed by atoms with van der Waals surface area (Å²) in [5.74, 6) is 0.669. The Kier molecular flexibility index (Phi) is 7.12. The molecule has 0 aliphatic rings. The minimum Gasteiger partial charge on any atom is -0.497 e. The molecule has 0 radical (unpaired) electrons. The van der Waals surface area contributed by atoms with E-state index in [1.807, 2.05) is 19.9 Å². The number of anilines is 2. The number of carbonyl (C=O) groups is 1. The second-order valence-corrected chi connectivity index (χ2v) is 5.67. The molecule has 8 heteroatoms. The average molecular weight is 355 g/mol. The molecule has 124 valence electrons. The van der Waals surface area contributed by atoms with Gasteiger partial charge < -0.3 is 15.8 Å². The molecular weight excluding hydrogens is 336 g/mol. The van der Waals surface area contributed by atoms with Gasteiger partial charge in [-0.05, 0) is 32.0 Å². The first-order valence-electron chi connectivity index (χ1n) is 6.66. The van der Waals surface area contributed by atoms with Crippen LogP contribution in [-0.2, 0) is 4.79 Å². The number of halogens is 1. The number of benzene rings is 1. The number of hydrogen-bond acceptors (Lipinski definition) is 6. The van der Waals surface area contributed by atoms with Crippen LogP contribution in [0.1, 0.15) is 11.4 Å². The fourth-order valence-electron chi connectivity index (χ4n) is 1.85. The number of nitrogen functional groups attached to an aromatic ring is 1. The van der Waals surface area contributed by atoms with Crippen LogP contribution in [0.5, 0.6) is 5.75 Å². The summed E-state index contributed by atoms with van der Waals surface area (Å²) >= 11 is 1.29. The summed E-state index contributed by atoms with van der Waals surface area (Å²) in [4.78, 5) is 20.6. The van der Waals surface area contributed by atoms with Gasteiger partial charge in [0.25, 0.3) is 0 Å². The fourth-order valence-corrected chi connectivity index (χ4v) is 2.59. The third-order valence-corrected chi connectivity index (χ3v) is 3.68. The molecule has 0 saturated heterocycles. The molecule has 0 aliphatic carbocycles. The SMILES string of the molecule is COc1ccc(N)c(NC(=O)CSc2nc(C)cc(C)n2)c1.Cl. The largest absolute Gasteiger partial charge is 0.497 e. The molecular formula is C15H19ClN4O2S. The molecule has 23 heavy (non-hydrogen) atoms. The maximum absolute atomic E-state index is 12.0. The van der Waals surface area contributed by atoms with E-state index in [4.69, 9.17) is 10.5 Å². The van der Waals surface area contributed by atoms with E-state index < -0.39 is 0 Å². The maximum atomic E-state index is 12.0. The topological polar surface area (TPSA) is 90.1 Å². The predicted octanol–water partition coefficient (Wildman–Crippen LogP) is 2.84. The van der Waals surface area contributed by atoms with E-state index in [-0.39, 0.29) is 24.1 Å². The van der Waals surface area contributed by atoms with Crippen molar-refractivity contribution in [1.29, 1.82) is 0 Å². The van der Waals surface area contributed by atoms with Gasteiger partial charge in [0.1, 0.15) is 5.75 Å². The van der Waals surface area contributed by atoms with Gasteiger partial charge in [-0.15, -0.1) is 12.4 Å². The lowest BCUT2D eigenvalue weighted by molar-refractivity contribution is -0.113. The third kappa shape index (κ3) is 5.61. The molecule has 0 bridgehead atoms. The number of nitrogens with two attached hydrogens (primary N) is 1. The smallest absolute Gasteiger partial charge is 0.234 e. The first kappa shape index (κ1) is 19.1. The van der Waals surface area contributed by atoms with Gasteiger partial charge in [0.15, 0.2) is 5.16 Å². The molecule has 0 unspecified atom stereocenters. The van der Waals surface area contributed by atoms with Crippen LogP contribution in [0.25, 0.3) is 0 Å². The summed E-state index contributed by atoms with van der Waals surface area (Å²) in [6.07, 6.45) is 0. The van der Waals surface area contributed by atoms with Gasteiger partial charge in [-0.25, -0.2) is 9.97 Å². The Morgan fingerprint density at radius 1 is 1.26 bits per heavy atom. The number of ether oxygens (including phenoxy) is 1. The van der Waals surface area contributed by atoms with Crippen molar-refractivity contribution in [2.24, 2.45) is 0 Å². The summed E-state index contributed by atoms with van der Waals surface area (Å²) in [6, 6.07) is 7.00. The number of aromatic nitrogens is 2. The van der Waals surface area contributed by atoms with Crippen LogP contribution in [0.2, 0.25) is 0 Å². The zero-order chi connectivity index (χ0) is 16.1. The number of rotatable bonds is 5. The molecule has 1 aromatic heterocycles. The molecule has 6 nitrogen and oxygen atoms in total. The Morgan fingerprint density at radius 2 is 1.91 bits per heavy atom. The number of aryl methyl sites for hydroxylation is 2. The van der Waals surface area contributed by atoms with Gasteiger partial charge in [0.05, 0.1) is 24.2 Å². The summed E-state index contributed by atoms with van der Waals surface area (Å²) in [7, 11) is 1.56. The van der Waals surface area contributed by atoms with Crippen LogP contribution in [0, 0.1) is 13.8 Å². The molecule has 0 spiro atoms. The van der Waals surface area contributed by atoms with Crippen LogP contribution in [0.4, 0.5) is 11.4 Å². The predicted molar refractivity (Wildman–Crippen MR) is 95.5 cm³/mol. The van der Waals surface area contributed by atoms with E-state index in [2.05, 4.69) is 15.3 Å². The van der Waals surface area contributed by atoms with Crippen molar-refractivity contribution in [2.75, 3.05) is 23.9 Å². The number of hydrogen-bond donors (Lipinski definition) is 2. The number of methoxy groups -OCH3 is 1. The fraction of sp³-hybridized carbons (Fsp3) is 0.267. The summed E-state index contributed by atoms with van der Waals surface area (Å²) in [6.45, 7) is 3.80. The Morgan fingerprint density at radius 3 is 2.52 bits per heavy atom. The highest BCUT2D eigenvalue weighted by Gasteiger charge is 2.09. The number of nitrogens with zero attached hydrogens (tertiary/aromatic N) is 2. The first-order valence-corrected chi connectivity index (χ1v) is 7.65. The van der Waals surface area contributed by atoms with E-state index >= 15 is 0 Å². The highest BCUT2D eigenvalue weighted by Crippen LogP contribution is 2.24. The Bertz CT molecular complexity index is 677. The van der Waals surface area contributed by atoms with Crippen LogP contribution >= 0.6 is 24.2 Å². The molecule has 1 heterocycles. The van der Waals surface area contributed by atoms with Crippen molar-refractivity contribution >= 4 is 41.5 Å². The van der Waals surface area contributed by atoms with Crippen molar-refractivity contribution in [3.05, 3.63) is 35.7 Å². The van der Waals surface area contributed by atoms with Gasteiger partial charge in [-0.1, -0.05) is 11.8 Å². The van der Waals surface area contributed by atoms with Gasteiger partial charge in [0, 0.05) is 17.5 Å². The highest BCUT2D eigenvalue weighted by molar-refractivity contribution is 7.99. The van der Waals surface area contributed by atoms with Crippen LogP contribution < -0.4 is 15.8 Å². The van der Waals surface area contributed by atoms with Crippen molar-refractivity contribution in [1.82, 2.24) is 9.97 Å². The average Bonchev–Trinajstić information content (AvgIpc) is 2.46. The lowest BCUT2D eigenvalue weighted by Crippen LogP contribution is -2.15. The van der Waals surface area contributed by atoms with Crippen molar-refractivity contribution in [2.45, 2.75) is 19.0 Å². The molecule has 0 fully saturated rings. The minimum absolute atomic E-state index is 0. The standard InChI is InChI=1S/C15H18N4O2S.ClH/c1-9-6-10(2)18-15(17-9)22-8-14(20)19-13-7-11(21-3)4-5-12(13)16;/h4-7H,8,16H2,1-3H3,(H,19,20);1H. The van der Waals surface area contributed by atoms with Crippen molar-refractivity contribution in [3.8, 4) is 5.75 Å². The summed E-state index contributed by atoms with van der Waals surface area (Å²) < 4.78 is 5.11. The van der Waals surface area contributed by atoms with Crippen LogP contribution in [0.3, 0.4) is 0 Å². The van der Waals surface area contributed by atoms with E-state index in [1.54, 1.807) is 25.3 Å². The number of amides is 1. The molecule has 2 rings (SSSR count). The molecule has 3 N–H and O–H groups in total. The quantitative estimate of drug-likeness (QED) is 0.487. The minimum atomic E-state index is -0.173. The summed E-state index contributed by atoms with van der Waals surface area (Å²) in [5.41, 5.74) is 8.62. The van der Waals surface area contributed by atoms with Gasteiger partial charge >= 0.3 is 0 Å². The van der Waals surface area contributed by atoms with Gasteiger partial charge in [-0.2, -0.15) is 0 Å². The van der Waals surface area contributed by atoms with Gasteiger partial charge in [0.2, 0.25) is 5.91 Å². The third-order valence-electron chi connectivity index (χ3n) is 2.83. The number of carbonyl (C=O) groups excluding carboxylic acids is 1. The lowest BCUT2D eigenvalue weighted by Gasteiger charge is -2.09. The van der Waals surface area contributed by atoms with E-state index in [0.29, 0.717) is 22.3 Å². The lowest BCUT2D eigenvalue weighted by atomic mass is 10.2. The Balaban J connectivity index is 0.00000264. The van der Waals surface area contributed by atoms with Crippen molar-refractivity contribution in [3.63, 3.8) is 0 Å². The monoisotopic (exact) mass is 354 g/mol. The zero-order valence-corrected chi connectivity index (χ0v) is 14.8. The molecule has 0 aliphatic heterocycles. The van der Waals surface area contributed by atoms with Crippen LogP contribution in [0.15, 0.2) is 29.4 Å². The molecule has 1 aromatic carbocycles. The normalized spacial score (nSPS) is 9.87. The number of thioether (sulfide) groups is 1. The van der Waals surface area contributed by atoms with E-state index in [0.717, 1.165) is 11.4 Å². The maximum Gasteiger partial charge on any atom is 0.234 e. The summed E-state index contributed by atoms with van der Waals surface area (Å²) in [5, 5.41) is 3.35. The highest BCUT2D eigenvalue weighted by atomic mass is 35.5. The second kappa shape index (κ2) is 8.59. The Labute approximate surface area is 145 Å². The van der Waals surface area contributed by atoms with E-state index in [1.165, 1.54) is 11.8 Å². The number of nitrogens with one attached hydrogen (secondary N) is 1. The second-order valence-electron chi connectivity index (χ2n) is 4.72. The van der Waals surface area contributed by atoms with Crippen molar-refractivity contribution < 1.29 is 9.53 Å². The van der Waals surface area contributed by atoms with Gasteiger partial charge in [-0.3, -0.25) is 4.79 Å².